The van der Waals surface area contributed by atoms with E-state index in [0.717, 1.165) is 5.65 Å². The van der Waals surface area contributed by atoms with E-state index in [-0.39, 0.29) is 5.41 Å². The molecule has 2 heterocycles. The molecule has 0 amide bonds. The van der Waals surface area contributed by atoms with Gasteiger partial charge in [-0.05, 0) is 44.8 Å². The summed E-state index contributed by atoms with van der Waals surface area (Å²) in [4.78, 5) is 4.81. The second kappa shape index (κ2) is 6.08. The van der Waals surface area contributed by atoms with Gasteiger partial charge in [0.05, 0.1) is 5.52 Å². The van der Waals surface area contributed by atoms with Crippen molar-refractivity contribution in [2.75, 3.05) is 0 Å². The normalized spacial score (nSPS) is 14.2. The molecular formula is C30H22N2. The Kier molecular flexibility index (Phi) is 3.37. The maximum absolute atomic E-state index is 4.81. The molecular weight excluding hydrogens is 388 g/mol. The average Bonchev–Trinajstić information content (AvgIpc) is 3.41. The van der Waals surface area contributed by atoms with Crippen molar-refractivity contribution in [2.45, 2.75) is 19.3 Å². The number of benzene rings is 4. The van der Waals surface area contributed by atoms with Crippen molar-refractivity contribution in [1.82, 2.24) is 9.38 Å². The summed E-state index contributed by atoms with van der Waals surface area (Å²) < 4.78 is 2.22. The minimum Gasteiger partial charge on any atom is -0.299 e. The van der Waals surface area contributed by atoms with Gasteiger partial charge in [0, 0.05) is 28.6 Å². The van der Waals surface area contributed by atoms with Crippen LogP contribution in [0.25, 0.3) is 49.6 Å². The largest absolute Gasteiger partial charge is 0.299 e. The van der Waals surface area contributed by atoms with Crippen molar-refractivity contribution in [1.29, 1.82) is 0 Å². The van der Waals surface area contributed by atoms with Crippen LogP contribution in [0.4, 0.5) is 0 Å². The van der Waals surface area contributed by atoms with Gasteiger partial charge in [-0.25, -0.2) is 4.98 Å². The fourth-order valence-electron chi connectivity index (χ4n) is 5.82. The van der Waals surface area contributed by atoms with Crippen LogP contribution in [0.5, 0.6) is 0 Å². The van der Waals surface area contributed by atoms with Gasteiger partial charge in [-0.2, -0.15) is 0 Å². The van der Waals surface area contributed by atoms with Gasteiger partial charge in [-0.15, -0.1) is 0 Å². The smallest absolute Gasteiger partial charge is 0.145 e. The number of imidazole rings is 1. The first-order chi connectivity index (χ1) is 15.7. The minimum atomic E-state index is -0.0121. The first-order valence-electron chi connectivity index (χ1n) is 11.2. The lowest BCUT2D eigenvalue weighted by Crippen LogP contribution is -2.14. The van der Waals surface area contributed by atoms with Crippen molar-refractivity contribution in [3.05, 3.63) is 108 Å². The molecule has 32 heavy (non-hydrogen) atoms. The molecule has 0 atom stereocenters. The van der Waals surface area contributed by atoms with Crippen LogP contribution in [0, 0.1) is 0 Å². The van der Waals surface area contributed by atoms with Gasteiger partial charge in [-0.3, -0.25) is 4.40 Å². The third-order valence-electron chi connectivity index (χ3n) is 7.28. The molecule has 7 rings (SSSR count). The fraction of sp³-hybridized carbons (Fsp3) is 0.100. The number of fused-ring (bicyclic) bond motifs is 9. The number of hydrogen-bond acceptors (Lipinski definition) is 1. The average molecular weight is 411 g/mol. The van der Waals surface area contributed by atoms with E-state index in [1.165, 1.54) is 55.1 Å². The highest BCUT2D eigenvalue weighted by molar-refractivity contribution is 6.18. The van der Waals surface area contributed by atoms with E-state index < -0.39 is 0 Å². The van der Waals surface area contributed by atoms with E-state index in [9.17, 15) is 0 Å². The number of rotatable bonds is 1. The molecule has 0 saturated heterocycles. The van der Waals surface area contributed by atoms with Crippen LogP contribution in [-0.4, -0.2) is 9.38 Å². The lowest BCUT2D eigenvalue weighted by atomic mass is 9.82. The molecule has 1 aliphatic rings. The van der Waals surface area contributed by atoms with Crippen LogP contribution < -0.4 is 0 Å². The highest BCUT2D eigenvalue weighted by atomic mass is 15.0. The molecule has 0 unspecified atom stereocenters. The molecule has 0 N–H and O–H groups in total. The number of hydrogen-bond donors (Lipinski definition) is 0. The Morgan fingerprint density at radius 2 is 1.34 bits per heavy atom. The van der Waals surface area contributed by atoms with Gasteiger partial charge in [0.15, 0.2) is 0 Å². The molecule has 0 saturated carbocycles. The van der Waals surface area contributed by atoms with E-state index in [2.05, 4.69) is 109 Å². The third-order valence-corrected chi connectivity index (χ3v) is 7.28. The number of pyridine rings is 1. The monoisotopic (exact) mass is 410 g/mol. The lowest BCUT2D eigenvalue weighted by molar-refractivity contribution is 0.660. The van der Waals surface area contributed by atoms with Crippen molar-refractivity contribution in [2.24, 2.45) is 0 Å². The molecule has 152 valence electrons. The minimum absolute atomic E-state index is 0.0121. The van der Waals surface area contributed by atoms with Crippen LogP contribution in [0.15, 0.2) is 97.3 Å². The Balaban J connectivity index is 1.67. The maximum atomic E-state index is 4.81. The molecule has 1 aliphatic carbocycles. The zero-order valence-electron chi connectivity index (χ0n) is 18.1. The van der Waals surface area contributed by atoms with Gasteiger partial charge >= 0.3 is 0 Å². The van der Waals surface area contributed by atoms with Crippen LogP contribution in [0.2, 0.25) is 0 Å². The standard InChI is InChI=1S/C30H22N2/c1-30(2)24-14-5-3-10-23(24)27-21(13-8-15-25(27)30)22-12-7-11-20-19-9-4-6-16-26(19)32-18-17-31-29(32)28(20)22/h3-18H,1-2H3. The molecule has 0 radical (unpaired) electrons. The first-order valence-corrected chi connectivity index (χ1v) is 11.2. The summed E-state index contributed by atoms with van der Waals surface area (Å²) in [5, 5.41) is 3.72. The molecule has 0 fully saturated rings. The second-order valence-corrected chi connectivity index (χ2v) is 9.26. The molecule has 0 bridgehead atoms. The highest BCUT2D eigenvalue weighted by Gasteiger charge is 2.36. The van der Waals surface area contributed by atoms with Crippen LogP contribution in [0.3, 0.4) is 0 Å². The molecule has 0 aliphatic heterocycles. The topological polar surface area (TPSA) is 17.3 Å². The Bertz CT molecular complexity index is 1700. The van der Waals surface area contributed by atoms with E-state index in [0.29, 0.717) is 0 Å². The molecule has 2 nitrogen and oxygen atoms in total. The summed E-state index contributed by atoms with van der Waals surface area (Å²) in [6.07, 6.45) is 3.98. The van der Waals surface area contributed by atoms with Crippen molar-refractivity contribution in [3.63, 3.8) is 0 Å². The molecule has 4 aromatic carbocycles. The van der Waals surface area contributed by atoms with Gasteiger partial charge in [0.1, 0.15) is 5.65 Å². The Morgan fingerprint density at radius 1 is 0.656 bits per heavy atom. The van der Waals surface area contributed by atoms with Crippen molar-refractivity contribution in [3.8, 4) is 22.3 Å². The SMILES string of the molecule is CC1(C)c2ccccc2-c2c(-c3cccc4c5ccccc5n5ccnc5c34)cccc21. The highest BCUT2D eigenvalue weighted by Crippen LogP contribution is 2.52. The summed E-state index contributed by atoms with van der Waals surface area (Å²) in [7, 11) is 0. The summed E-state index contributed by atoms with van der Waals surface area (Å²) in [5.74, 6) is 0. The van der Waals surface area contributed by atoms with E-state index in [1.807, 2.05) is 6.20 Å². The molecule has 0 spiro atoms. The zero-order valence-corrected chi connectivity index (χ0v) is 18.1. The number of para-hydroxylation sites is 1. The Labute approximate surface area is 186 Å². The first kappa shape index (κ1) is 17.7. The van der Waals surface area contributed by atoms with Gasteiger partial charge in [0.2, 0.25) is 0 Å². The van der Waals surface area contributed by atoms with Crippen molar-refractivity contribution >= 4 is 27.3 Å². The van der Waals surface area contributed by atoms with Crippen LogP contribution in [-0.2, 0) is 5.41 Å². The van der Waals surface area contributed by atoms with Crippen LogP contribution >= 0.6 is 0 Å². The van der Waals surface area contributed by atoms with E-state index in [1.54, 1.807) is 0 Å². The van der Waals surface area contributed by atoms with Gasteiger partial charge in [-0.1, -0.05) is 92.7 Å². The van der Waals surface area contributed by atoms with Gasteiger partial charge in [0.25, 0.3) is 0 Å². The number of aromatic nitrogens is 2. The van der Waals surface area contributed by atoms with E-state index >= 15 is 0 Å². The quantitative estimate of drug-likeness (QED) is 0.255. The zero-order chi connectivity index (χ0) is 21.4. The lowest BCUT2D eigenvalue weighted by Gasteiger charge is -2.21. The van der Waals surface area contributed by atoms with Crippen LogP contribution in [0.1, 0.15) is 25.0 Å². The predicted octanol–water partition coefficient (Wildman–Crippen LogP) is 7.61. The fourth-order valence-corrected chi connectivity index (χ4v) is 5.82. The summed E-state index contributed by atoms with van der Waals surface area (Å²) in [6.45, 7) is 4.68. The van der Waals surface area contributed by atoms with Gasteiger partial charge < -0.3 is 0 Å². The van der Waals surface area contributed by atoms with Crippen molar-refractivity contribution < 1.29 is 0 Å². The molecule has 6 aromatic rings. The summed E-state index contributed by atoms with van der Waals surface area (Å²) in [5.41, 5.74) is 10.2. The maximum Gasteiger partial charge on any atom is 0.145 e. The summed E-state index contributed by atoms with van der Waals surface area (Å²) >= 11 is 0. The molecule has 2 heteroatoms. The number of nitrogens with zero attached hydrogens (tertiary/aromatic N) is 2. The summed E-state index contributed by atoms with van der Waals surface area (Å²) in [6, 6.07) is 31.0. The third kappa shape index (κ3) is 2.12. The second-order valence-electron chi connectivity index (χ2n) is 9.26. The van der Waals surface area contributed by atoms with E-state index in [4.69, 9.17) is 4.98 Å². The molecule has 2 aromatic heterocycles. The Hall–Kier alpha value is -3.91. The predicted molar refractivity (Wildman–Crippen MR) is 133 cm³/mol. The Morgan fingerprint density at radius 3 is 2.28 bits per heavy atom.